The first-order valence-electron chi connectivity index (χ1n) is 9.65. The molecule has 0 spiro atoms. The number of rotatable bonds is 5. The number of amides is 1. The van der Waals surface area contributed by atoms with Crippen LogP contribution in [0.15, 0.2) is 35.4 Å². The van der Waals surface area contributed by atoms with Gasteiger partial charge in [0.1, 0.15) is 11.4 Å². The van der Waals surface area contributed by atoms with Gasteiger partial charge in [0, 0.05) is 30.2 Å². The molecule has 0 bridgehead atoms. The molecule has 1 saturated heterocycles. The fourth-order valence-corrected chi connectivity index (χ4v) is 4.44. The number of fused-ring (bicyclic) bond motifs is 1. The third-order valence-corrected chi connectivity index (χ3v) is 6.33. The zero-order chi connectivity index (χ0) is 20.4. The van der Waals surface area contributed by atoms with E-state index in [4.69, 9.17) is 4.74 Å². The average molecular weight is 413 g/mol. The Morgan fingerprint density at radius 3 is 2.66 bits per heavy atom. The zero-order valence-electron chi connectivity index (χ0n) is 16.6. The second-order valence-corrected chi connectivity index (χ2v) is 8.48. The minimum absolute atomic E-state index is 0.0639. The molecule has 3 aromatic rings. The van der Waals surface area contributed by atoms with Crippen molar-refractivity contribution in [3.05, 3.63) is 57.0 Å². The van der Waals surface area contributed by atoms with E-state index >= 15 is 0 Å². The fourth-order valence-electron chi connectivity index (χ4n) is 3.45. The molecule has 152 valence electrons. The minimum atomic E-state index is -0.251. The van der Waals surface area contributed by atoms with E-state index in [0.717, 1.165) is 48.1 Å². The van der Waals surface area contributed by atoms with Crippen molar-refractivity contribution >= 4 is 33.1 Å². The molecule has 4 rings (SSSR count). The Labute approximate surface area is 172 Å². The summed E-state index contributed by atoms with van der Waals surface area (Å²) < 4.78 is 6.74. The topological polar surface area (TPSA) is 76.5 Å². The van der Waals surface area contributed by atoms with Gasteiger partial charge in [0.2, 0.25) is 5.91 Å². The number of benzene rings is 1. The molecular weight excluding hydrogens is 388 g/mol. The van der Waals surface area contributed by atoms with Crippen LogP contribution in [0.1, 0.15) is 16.0 Å². The molecule has 0 aliphatic carbocycles. The van der Waals surface area contributed by atoms with Gasteiger partial charge in [-0.1, -0.05) is 12.1 Å². The molecule has 1 aromatic carbocycles. The number of thiophene rings is 1. The zero-order valence-corrected chi connectivity index (χ0v) is 17.4. The Morgan fingerprint density at radius 1 is 1.21 bits per heavy atom. The standard InChI is InChI=1S/C21H24N4O3S/c1-14-15(2)29-20-19(14)21(27)25(13-22-20)12-18(26)23-17-5-3-16(4-6-17)11-24-7-9-28-10-8-24/h3-6,13H,7-12H2,1-2H3,(H,23,26). The predicted molar refractivity (Wildman–Crippen MR) is 115 cm³/mol. The van der Waals surface area contributed by atoms with Crippen LogP contribution in [0.2, 0.25) is 0 Å². The molecule has 1 fully saturated rings. The second kappa shape index (κ2) is 8.44. The molecule has 7 nitrogen and oxygen atoms in total. The molecule has 8 heteroatoms. The van der Waals surface area contributed by atoms with Gasteiger partial charge < -0.3 is 10.1 Å². The van der Waals surface area contributed by atoms with Gasteiger partial charge in [-0.3, -0.25) is 19.1 Å². The van der Waals surface area contributed by atoms with Gasteiger partial charge in [-0.2, -0.15) is 0 Å². The van der Waals surface area contributed by atoms with E-state index in [0.29, 0.717) is 11.1 Å². The van der Waals surface area contributed by atoms with Crippen molar-refractivity contribution < 1.29 is 9.53 Å². The summed E-state index contributed by atoms with van der Waals surface area (Å²) in [6.07, 6.45) is 1.45. The summed E-state index contributed by atoms with van der Waals surface area (Å²) in [6, 6.07) is 7.82. The summed E-state index contributed by atoms with van der Waals surface area (Å²) in [6.45, 7) is 8.13. The molecule has 1 aliphatic heterocycles. The van der Waals surface area contributed by atoms with Gasteiger partial charge in [-0.25, -0.2) is 4.98 Å². The van der Waals surface area contributed by atoms with Gasteiger partial charge in [-0.05, 0) is 37.1 Å². The number of hydrogen-bond donors (Lipinski definition) is 1. The largest absolute Gasteiger partial charge is 0.379 e. The molecule has 1 N–H and O–H groups in total. The van der Waals surface area contributed by atoms with E-state index in [1.165, 1.54) is 27.8 Å². The molecule has 3 heterocycles. The lowest BCUT2D eigenvalue weighted by molar-refractivity contribution is -0.116. The van der Waals surface area contributed by atoms with Crippen LogP contribution in [-0.4, -0.2) is 46.7 Å². The number of nitrogens with one attached hydrogen (secondary N) is 1. The molecule has 29 heavy (non-hydrogen) atoms. The molecule has 1 aliphatic rings. The van der Waals surface area contributed by atoms with Crippen LogP contribution in [0.25, 0.3) is 10.2 Å². The van der Waals surface area contributed by atoms with E-state index in [9.17, 15) is 9.59 Å². The maximum absolute atomic E-state index is 12.7. The highest BCUT2D eigenvalue weighted by Crippen LogP contribution is 2.25. The van der Waals surface area contributed by atoms with E-state index < -0.39 is 0 Å². The van der Waals surface area contributed by atoms with Gasteiger partial charge in [0.25, 0.3) is 5.56 Å². The van der Waals surface area contributed by atoms with Crippen molar-refractivity contribution in [2.45, 2.75) is 26.9 Å². The summed E-state index contributed by atoms with van der Waals surface area (Å²) >= 11 is 1.50. The molecular formula is C21H24N4O3S. The van der Waals surface area contributed by atoms with Gasteiger partial charge in [0.05, 0.1) is 24.9 Å². The number of anilines is 1. The summed E-state index contributed by atoms with van der Waals surface area (Å²) in [5, 5.41) is 3.47. The normalized spacial score (nSPS) is 15.0. The van der Waals surface area contributed by atoms with Crippen LogP contribution in [0.4, 0.5) is 5.69 Å². The van der Waals surface area contributed by atoms with Crippen LogP contribution in [0, 0.1) is 13.8 Å². The summed E-state index contributed by atoms with van der Waals surface area (Å²) in [4.78, 5) is 33.6. The highest BCUT2D eigenvalue weighted by molar-refractivity contribution is 7.18. The number of aryl methyl sites for hydroxylation is 2. The number of ether oxygens (including phenoxy) is 1. The first-order valence-corrected chi connectivity index (χ1v) is 10.5. The van der Waals surface area contributed by atoms with E-state index in [1.807, 2.05) is 38.1 Å². The van der Waals surface area contributed by atoms with E-state index in [1.54, 1.807) is 0 Å². The molecule has 2 aromatic heterocycles. The number of morpholine rings is 1. The Bertz CT molecular complexity index is 1080. The number of carbonyl (C=O) groups excluding carboxylic acids is 1. The van der Waals surface area contributed by atoms with E-state index in [2.05, 4.69) is 15.2 Å². The molecule has 0 atom stereocenters. The van der Waals surface area contributed by atoms with Crippen molar-refractivity contribution in [2.75, 3.05) is 31.6 Å². The van der Waals surface area contributed by atoms with Crippen molar-refractivity contribution in [3.63, 3.8) is 0 Å². The van der Waals surface area contributed by atoms with Crippen molar-refractivity contribution in [1.29, 1.82) is 0 Å². The number of carbonyl (C=O) groups is 1. The Morgan fingerprint density at radius 2 is 1.93 bits per heavy atom. The lowest BCUT2D eigenvalue weighted by atomic mass is 10.2. The number of nitrogens with zero attached hydrogens (tertiary/aromatic N) is 3. The quantitative estimate of drug-likeness (QED) is 0.697. The van der Waals surface area contributed by atoms with Crippen LogP contribution in [0.3, 0.4) is 0 Å². The Balaban J connectivity index is 1.40. The third-order valence-electron chi connectivity index (χ3n) is 5.22. The third kappa shape index (κ3) is 4.39. The minimum Gasteiger partial charge on any atom is -0.379 e. The average Bonchev–Trinajstić information content (AvgIpc) is 3.01. The summed E-state index contributed by atoms with van der Waals surface area (Å²) in [7, 11) is 0. The Hall–Kier alpha value is -2.55. The van der Waals surface area contributed by atoms with Crippen LogP contribution >= 0.6 is 11.3 Å². The number of hydrogen-bond acceptors (Lipinski definition) is 6. The van der Waals surface area contributed by atoms with Gasteiger partial charge >= 0.3 is 0 Å². The maximum Gasteiger partial charge on any atom is 0.262 e. The first-order chi connectivity index (χ1) is 14.0. The molecule has 0 saturated carbocycles. The SMILES string of the molecule is Cc1sc2ncn(CC(=O)Nc3ccc(CN4CCOCC4)cc3)c(=O)c2c1C. The monoisotopic (exact) mass is 412 g/mol. The van der Waals surface area contributed by atoms with E-state index in [-0.39, 0.29) is 18.0 Å². The maximum atomic E-state index is 12.7. The van der Waals surface area contributed by atoms with Crippen molar-refractivity contribution in [2.24, 2.45) is 0 Å². The smallest absolute Gasteiger partial charge is 0.262 e. The van der Waals surface area contributed by atoms with Gasteiger partial charge in [0.15, 0.2) is 0 Å². The predicted octanol–water partition coefficient (Wildman–Crippen LogP) is 2.55. The van der Waals surface area contributed by atoms with Crippen LogP contribution < -0.4 is 10.9 Å². The van der Waals surface area contributed by atoms with Gasteiger partial charge in [-0.15, -0.1) is 11.3 Å². The van der Waals surface area contributed by atoms with Crippen molar-refractivity contribution in [1.82, 2.24) is 14.5 Å². The first kappa shape index (κ1) is 19.8. The molecule has 1 amide bonds. The number of aromatic nitrogens is 2. The van der Waals surface area contributed by atoms with Crippen LogP contribution in [0.5, 0.6) is 0 Å². The fraction of sp³-hybridized carbons (Fsp3) is 0.381. The van der Waals surface area contributed by atoms with Crippen LogP contribution in [-0.2, 0) is 22.6 Å². The second-order valence-electron chi connectivity index (χ2n) is 7.27. The lowest BCUT2D eigenvalue weighted by Crippen LogP contribution is -2.35. The molecule has 0 radical (unpaired) electrons. The highest BCUT2D eigenvalue weighted by Gasteiger charge is 2.14. The highest BCUT2D eigenvalue weighted by atomic mass is 32.1. The molecule has 0 unspecified atom stereocenters. The summed E-state index contributed by atoms with van der Waals surface area (Å²) in [5.41, 5.74) is 2.67. The Kier molecular flexibility index (Phi) is 5.75. The summed E-state index contributed by atoms with van der Waals surface area (Å²) in [5.74, 6) is -0.251. The van der Waals surface area contributed by atoms with Crippen molar-refractivity contribution in [3.8, 4) is 0 Å². The lowest BCUT2D eigenvalue weighted by Gasteiger charge is -2.26.